The number of rotatable bonds is 6. The summed E-state index contributed by atoms with van der Waals surface area (Å²) in [4.78, 5) is 24.5. The van der Waals surface area contributed by atoms with Gasteiger partial charge in [0.15, 0.2) is 17.5 Å². The Morgan fingerprint density at radius 3 is 2.31 bits per heavy atom. The third-order valence-corrected chi connectivity index (χ3v) is 3.78. The van der Waals surface area contributed by atoms with Crippen molar-refractivity contribution in [1.29, 1.82) is 0 Å². The SMILES string of the molecule is C=Cc1cnc(C(=O)Cc2ccc(Cc3ccc(F)c(F)c3)cn2)nc1. The number of nitrogens with zero attached hydrogens (tertiary/aromatic N) is 3. The first-order valence-electron chi connectivity index (χ1n) is 7.90. The van der Waals surface area contributed by atoms with Crippen LogP contribution in [0.5, 0.6) is 0 Å². The Morgan fingerprint density at radius 1 is 0.962 bits per heavy atom. The molecule has 130 valence electrons. The van der Waals surface area contributed by atoms with Crippen LogP contribution in [0.4, 0.5) is 8.78 Å². The second kappa shape index (κ2) is 7.74. The molecule has 0 N–H and O–H groups in total. The zero-order chi connectivity index (χ0) is 18.5. The Morgan fingerprint density at radius 2 is 1.69 bits per heavy atom. The topological polar surface area (TPSA) is 55.7 Å². The average Bonchev–Trinajstić information content (AvgIpc) is 2.66. The summed E-state index contributed by atoms with van der Waals surface area (Å²) in [5, 5.41) is 0. The molecule has 0 aliphatic heterocycles. The normalized spacial score (nSPS) is 10.5. The first-order valence-corrected chi connectivity index (χ1v) is 7.90. The van der Waals surface area contributed by atoms with Gasteiger partial charge in [-0.1, -0.05) is 24.8 Å². The van der Waals surface area contributed by atoms with Crippen molar-refractivity contribution in [2.75, 3.05) is 0 Å². The predicted octanol–water partition coefficient (Wildman–Crippen LogP) is 3.81. The quantitative estimate of drug-likeness (QED) is 0.634. The Labute approximate surface area is 149 Å². The molecule has 0 spiro atoms. The fraction of sp³-hybridized carbons (Fsp3) is 0.100. The molecule has 0 fully saturated rings. The molecule has 6 heteroatoms. The number of pyridine rings is 1. The van der Waals surface area contributed by atoms with Crippen molar-refractivity contribution in [3.05, 3.63) is 95.3 Å². The lowest BCUT2D eigenvalue weighted by Crippen LogP contribution is -2.09. The highest BCUT2D eigenvalue weighted by Crippen LogP contribution is 2.13. The summed E-state index contributed by atoms with van der Waals surface area (Å²) in [7, 11) is 0. The summed E-state index contributed by atoms with van der Waals surface area (Å²) in [6.45, 7) is 3.61. The van der Waals surface area contributed by atoms with Crippen molar-refractivity contribution in [3.8, 4) is 0 Å². The van der Waals surface area contributed by atoms with Gasteiger partial charge in [-0.3, -0.25) is 9.78 Å². The van der Waals surface area contributed by atoms with Crippen LogP contribution in [0.25, 0.3) is 6.08 Å². The van der Waals surface area contributed by atoms with Crippen molar-refractivity contribution in [3.63, 3.8) is 0 Å². The van der Waals surface area contributed by atoms with Gasteiger partial charge in [0, 0.05) is 29.8 Å². The molecule has 0 aliphatic carbocycles. The van der Waals surface area contributed by atoms with Crippen LogP contribution < -0.4 is 0 Å². The first kappa shape index (κ1) is 17.5. The van der Waals surface area contributed by atoms with Crippen LogP contribution in [-0.2, 0) is 12.8 Å². The molecular formula is C20H15F2N3O. The molecule has 0 atom stereocenters. The van der Waals surface area contributed by atoms with E-state index in [0.717, 1.165) is 23.3 Å². The van der Waals surface area contributed by atoms with Crippen molar-refractivity contribution in [1.82, 2.24) is 15.0 Å². The highest BCUT2D eigenvalue weighted by molar-refractivity contribution is 5.93. The molecule has 2 aromatic heterocycles. The zero-order valence-electron chi connectivity index (χ0n) is 13.8. The number of benzene rings is 1. The molecule has 0 aliphatic rings. The van der Waals surface area contributed by atoms with Crippen LogP contribution in [0, 0.1) is 11.6 Å². The molecule has 0 radical (unpaired) electrons. The Kier molecular flexibility index (Phi) is 5.22. The van der Waals surface area contributed by atoms with E-state index in [1.54, 1.807) is 24.4 Å². The Bertz CT molecular complexity index is 938. The molecule has 1 aromatic carbocycles. The van der Waals surface area contributed by atoms with Gasteiger partial charge in [0.25, 0.3) is 0 Å². The van der Waals surface area contributed by atoms with Gasteiger partial charge in [0.1, 0.15) is 0 Å². The summed E-state index contributed by atoms with van der Waals surface area (Å²) in [5.74, 6) is -1.85. The van der Waals surface area contributed by atoms with Gasteiger partial charge in [0.05, 0.1) is 6.42 Å². The minimum absolute atomic E-state index is 0.0822. The van der Waals surface area contributed by atoms with E-state index in [4.69, 9.17) is 0 Å². The average molecular weight is 351 g/mol. The smallest absolute Gasteiger partial charge is 0.205 e. The van der Waals surface area contributed by atoms with Gasteiger partial charge < -0.3 is 0 Å². The van der Waals surface area contributed by atoms with Gasteiger partial charge in [-0.2, -0.15) is 0 Å². The van der Waals surface area contributed by atoms with Crippen molar-refractivity contribution >= 4 is 11.9 Å². The number of carbonyl (C=O) groups excluding carboxylic acids is 1. The molecule has 0 saturated carbocycles. The second-order valence-electron chi connectivity index (χ2n) is 5.73. The van der Waals surface area contributed by atoms with E-state index in [2.05, 4.69) is 21.5 Å². The molecule has 4 nitrogen and oxygen atoms in total. The molecule has 3 rings (SSSR count). The van der Waals surface area contributed by atoms with Crippen LogP contribution in [-0.4, -0.2) is 20.7 Å². The summed E-state index contributed by atoms with van der Waals surface area (Å²) < 4.78 is 26.2. The van der Waals surface area contributed by atoms with Gasteiger partial charge in [-0.05, 0) is 35.7 Å². The van der Waals surface area contributed by atoms with Gasteiger partial charge in [-0.25, -0.2) is 18.7 Å². The van der Waals surface area contributed by atoms with E-state index < -0.39 is 11.6 Å². The van der Waals surface area contributed by atoms with Crippen molar-refractivity contribution < 1.29 is 13.6 Å². The number of hydrogen-bond acceptors (Lipinski definition) is 4. The van der Waals surface area contributed by atoms with Gasteiger partial charge in [0.2, 0.25) is 5.78 Å². The number of ketones is 1. The van der Waals surface area contributed by atoms with E-state index in [0.29, 0.717) is 17.7 Å². The lowest BCUT2D eigenvalue weighted by atomic mass is 10.1. The molecular weight excluding hydrogens is 336 g/mol. The third kappa shape index (κ3) is 4.22. The zero-order valence-corrected chi connectivity index (χ0v) is 13.8. The van der Waals surface area contributed by atoms with E-state index in [9.17, 15) is 13.6 Å². The largest absolute Gasteiger partial charge is 0.290 e. The first-order chi connectivity index (χ1) is 12.5. The predicted molar refractivity (Wildman–Crippen MR) is 93.6 cm³/mol. The molecule has 0 saturated heterocycles. The number of Topliss-reactive ketones (excluding diaryl/α,β-unsaturated/α-hetero) is 1. The Balaban J connectivity index is 1.65. The van der Waals surface area contributed by atoms with E-state index in [1.807, 2.05) is 0 Å². The summed E-state index contributed by atoms with van der Waals surface area (Å²) in [5.41, 5.74) is 2.80. The highest BCUT2D eigenvalue weighted by Gasteiger charge is 2.11. The lowest BCUT2D eigenvalue weighted by Gasteiger charge is -2.04. The van der Waals surface area contributed by atoms with E-state index in [1.165, 1.54) is 18.5 Å². The second-order valence-corrected chi connectivity index (χ2v) is 5.73. The minimum Gasteiger partial charge on any atom is -0.290 e. The molecule has 0 bridgehead atoms. The van der Waals surface area contributed by atoms with Crippen LogP contribution >= 0.6 is 0 Å². The van der Waals surface area contributed by atoms with Crippen LogP contribution in [0.2, 0.25) is 0 Å². The molecule has 0 amide bonds. The molecule has 3 aromatic rings. The summed E-state index contributed by atoms with van der Waals surface area (Å²) in [6.07, 6.45) is 6.79. The maximum absolute atomic E-state index is 13.3. The van der Waals surface area contributed by atoms with Crippen molar-refractivity contribution in [2.24, 2.45) is 0 Å². The monoisotopic (exact) mass is 351 g/mol. The fourth-order valence-electron chi connectivity index (χ4n) is 2.38. The molecule has 26 heavy (non-hydrogen) atoms. The van der Waals surface area contributed by atoms with E-state index in [-0.39, 0.29) is 18.0 Å². The van der Waals surface area contributed by atoms with Crippen molar-refractivity contribution in [2.45, 2.75) is 12.8 Å². The number of aromatic nitrogens is 3. The number of hydrogen-bond donors (Lipinski definition) is 0. The summed E-state index contributed by atoms with van der Waals surface area (Å²) >= 11 is 0. The maximum atomic E-state index is 13.3. The van der Waals surface area contributed by atoms with Crippen LogP contribution in [0.3, 0.4) is 0 Å². The summed E-state index contributed by atoms with van der Waals surface area (Å²) in [6, 6.07) is 7.32. The van der Waals surface area contributed by atoms with E-state index >= 15 is 0 Å². The minimum atomic E-state index is -0.875. The highest BCUT2D eigenvalue weighted by atomic mass is 19.2. The van der Waals surface area contributed by atoms with Gasteiger partial charge >= 0.3 is 0 Å². The van der Waals surface area contributed by atoms with Gasteiger partial charge in [-0.15, -0.1) is 0 Å². The third-order valence-electron chi connectivity index (χ3n) is 3.78. The molecule has 0 unspecified atom stereocenters. The number of carbonyl (C=O) groups is 1. The lowest BCUT2D eigenvalue weighted by molar-refractivity contribution is 0.0982. The standard InChI is InChI=1S/C20H15F2N3O/c1-2-13-10-24-20(25-11-13)19(26)9-16-5-3-15(12-23-16)7-14-4-6-17(21)18(22)8-14/h2-6,8,10-12H,1,7,9H2. The van der Waals surface area contributed by atoms with Crippen LogP contribution in [0.1, 0.15) is 33.0 Å². The maximum Gasteiger partial charge on any atom is 0.205 e. The van der Waals surface area contributed by atoms with Crippen LogP contribution in [0.15, 0.2) is 55.5 Å². The Hall–Kier alpha value is -3.28. The fourth-order valence-corrected chi connectivity index (χ4v) is 2.38. The molecule has 2 heterocycles. The number of halogens is 2.